The summed E-state index contributed by atoms with van der Waals surface area (Å²) in [6.07, 6.45) is 1.57. The van der Waals surface area contributed by atoms with Gasteiger partial charge in [0.15, 0.2) is 0 Å². The van der Waals surface area contributed by atoms with E-state index in [1.807, 2.05) is 24.3 Å². The molecule has 0 atom stereocenters. The first-order chi connectivity index (χ1) is 8.71. The van der Waals surface area contributed by atoms with Gasteiger partial charge in [-0.15, -0.1) is 5.10 Å². The Morgan fingerprint density at radius 2 is 1.94 bits per heavy atom. The molecule has 0 saturated carbocycles. The van der Waals surface area contributed by atoms with Crippen molar-refractivity contribution in [3.05, 3.63) is 29.8 Å². The summed E-state index contributed by atoms with van der Waals surface area (Å²) < 4.78 is 0. The predicted octanol–water partition coefficient (Wildman–Crippen LogP) is 1.16. The van der Waals surface area contributed by atoms with Crippen LogP contribution in [0.15, 0.2) is 34.5 Å². The predicted molar refractivity (Wildman–Crippen MR) is 74.1 cm³/mol. The van der Waals surface area contributed by atoms with Crippen molar-refractivity contribution in [1.29, 1.82) is 0 Å². The van der Waals surface area contributed by atoms with Crippen LogP contribution in [0.1, 0.15) is 19.4 Å². The molecular weight excluding hydrogens is 230 g/mol. The Balaban J connectivity index is 2.71. The Bertz CT molecular complexity index is 409. The minimum absolute atomic E-state index is 0.147. The molecular formula is C12H19N5O. The summed E-state index contributed by atoms with van der Waals surface area (Å²) in [5.74, 6) is -0.147. The van der Waals surface area contributed by atoms with Crippen LogP contribution in [0.4, 0.5) is 5.69 Å². The van der Waals surface area contributed by atoms with Gasteiger partial charge in [0, 0.05) is 18.8 Å². The molecule has 98 valence electrons. The first-order valence-corrected chi connectivity index (χ1v) is 5.82. The normalized spacial score (nSPS) is 11.8. The number of nitrogens with two attached hydrogens (primary N) is 1. The molecule has 0 aromatic heterocycles. The number of nitrogens with zero attached hydrogens (tertiary/aromatic N) is 3. The number of hydrogen-bond donors (Lipinski definition) is 3. The zero-order valence-corrected chi connectivity index (χ0v) is 10.7. The fourth-order valence-corrected chi connectivity index (χ4v) is 1.54. The fourth-order valence-electron chi connectivity index (χ4n) is 1.54. The Hall–Kier alpha value is -2.08. The highest BCUT2D eigenvalue weighted by Gasteiger charge is 2.00. The van der Waals surface area contributed by atoms with E-state index in [0.717, 1.165) is 18.7 Å². The van der Waals surface area contributed by atoms with Gasteiger partial charge in [-0.3, -0.25) is 5.21 Å². The average molecular weight is 249 g/mol. The second-order valence-corrected chi connectivity index (χ2v) is 3.61. The van der Waals surface area contributed by atoms with Gasteiger partial charge in [0.05, 0.1) is 6.21 Å². The summed E-state index contributed by atoms with van der Waals surface area (Å²) in [5, 5.41) is 15.6. The van der Waals surface area contributed by atoms with E-state index in [1.165, 1.54) is 5.69 Å². The molecule has 6 nitrogen and oxygen atoms in total. The average Bonchev–Trinajstić information content (AvgIpc) is 2.41. The highest BCUT2D eigenvalue weighted by molar-refractivity contribution is 5.82. The minimum atomic E-state index is -0.147. The lowest BCUT2D eigenvalue weighted by Gasteiger charge is -2.20. The molecule has 0 radical (unpaired) electrons. The van der Waals surface area contributed by atoms with Gasteiger partial charge in [-0.2, -0.15) is 5.10 Å². The number of guanidine groups is 1. The van der Waals surface area contributed by atoms with Crippen molar-refractivity contribution in [2.24, 2.45) is 15.9 Å². The van der Waals surface area contributed by atoms with E-state index in [-0.39, 0.29) is 5.96 Å². The molecule has 1 aromatic carbocycles. The second kappa shape index (κ2) is 7.29. The number of nitrogens with one attached hydrogen (secondary N) is 1. The zero-order valence-electron chi connectivity index (χ0n) is 10.7. The summed E-state index contributed by atoms with van der Waals surface area (Å²) in [4.78, 5) is 2.26. The summed E-state index contributed by atoms with van der Waals surface area (Å²) in [6, 6.07) is 7.97. The van der Waals surface area contributed by atoms with Gasteiger partial charge in [0.25, 0.3) is 0 Å². The molecule has 0 aliphatic heterocycles. The molecule has 4 N–H and O–H groups in total. The van der Waals surface area contributed by atoms with E-state index in [4.69, 9.17) is 10.9 Å². The third-order valence-corrected chi connectivity index (χ3v) is 2.51. The number of benzene rings is 1. The fraction of sp³-hybridized carbons (Fsp3) is 0.333. The molecule has 1 rings (SSSR count). The van der Waals surface area contributed by atoms with Crippen LogP contribution in [0.25, 0.3) is 0 Å². The lowest BCUT2D eigenvalue weighted by molar-refractivity contribution is 0.232. The van der Waals surface area contributed by atoms with Gasteiger partial charge < -0.3 is 10.6 Å². The summed E-state index contributed by atoms with van der Waals surface area (Å²) in [7, 11) is 0. The smallest absolute Gasteiger partial charge is 0.237 e. The van der Waals surface area contributed by atoms with Crippen molar-refractivity contribution < 1.29 is 5.21 Å². The van der Waals surface area contributed by atoms with Crippen molar-refractivity contribution in [3.8, 4) is 0 Å². The van der Waals surface area contributed by atoms with E-state index in [2.05, 4.69) is 29.0 Å². The first-order valence-electron chi connectivity index (χ1n) is 5.82. The molecule has 6 heteroatoms. The zero-order chi connectivity index (χ0) is 13.4. The largest absolute Gasteiger partial charge is 0.372 e. The van der Waals surface area contributed by atoms with Crippen LogP contribution in [-0.4, -0.2) is 30.5 Å². The van der Waals surface area contributed by atoms with Crippen LogP contribution in [0, 0.1) is 0 Å². The Kier molecular flexibility index (Phi) is 5.66. The van der Waals surface area contributed by atoms with Crippen LogP contribution in [0.5, 0.6) is 0 Å². The maximum atomic E-state index is 8.40. The number of anilines is 1. The third kappa shape index (κ3) is 4.06. The molecule has 1 aromatic rings. The van der Waals surface area contributed by atoms with Crippen LogP contribution < -0.4 is 16.1 Å². The van der Waals surface area contributed by atoms with Crippen LogP contribution in [0.2, 0.25) is 0 Å². The molecule has 18 heavy (non-hydrogen) atoms. The molecule has 0 amide bonds. The van der Waals surface area contributed by atoms with Gasteiger partial charge in [0.2, 0.25) is 5.96 Å². The van der Waals surface area contributed by atoms with Gasteiger partial charge in [-0.25, -0.2) is 5.48 Å². The SMILES string of the molecule is CCN(CC)c1ccc(C=NN=C(N)NO)cc1. The molecule has 0 aliphatic carbocycles. The molecule has 0 bridgehead atoms. The van der Waals surface area contributed by atoms with Crippen LogP contribution in [0.3, 0.4) is 0 Å². The minimum Gasteiger partial charge on any atom is -0.372 e. The Morgan fingerprint density at radius 1 is 1.33 bits per heavy atom. The molecule has 0 heterocycles. The van der Waals surface area contributed by atoms with Crippen LogP contribution in [-0.2, 0) is 0 Å². The Morgan fingerprint density at radius 3 is 2.44 bits per heavy atom. The van der Waals surface area contributed by atoms with Gasteiger partial charge >= 0.3 is 0 Å². The molecule has 0 spiro atoms. The summed E-state index contributed by atoms with van der Waals surface area (Å²) >= 11 is 0. The Labute approximate surface area is 107 Å². The summed E-state index contributed by atoms with van der Waals surface area (Å²) in [5.41, 5.74) is 9.00. The first kappa shape index (κ1) is 14.0. The van der Waals surface area contributed by atoms with Gasteiger partial charge in [0.1, 0.15) is 0 Å². The van der Waals surface area contributed by atoms with E-state index >= 15 is 0 Å². The van der Waals surface area contributed by atoms with Crippen molar-refractivity contribution in [3.63, 3.8) is 0 Å². The molecule has 0 saturated heterocycles. The highest BCUT2D eigenvalue weighted by Crippen LogP contribution is 2.13. The number of rotatable bonds is 5. The van der Waals surface area contributed by atoms with Crippen molar-refractivity contribution >= 4 is 17.9 Å². The standard InChI is InChI=1S/C12H19N5O/c1-3-17(4-2)11-7-5-10(6-8-11)9-14-15-12(13)16-18/h5-9,18H,3-4H2,1-2H3,(H3,13,15,16). The van der Waals surface area contributed by atoms with Gasteiger partial charge in [-0.05, 0) is 31.5 Å². The second-order valence-electron chi connectivity index (χ2n) is 3.61. The highest BCUT2D eigenvalue weighted by atomic mass is 16.5. The maximum absolute atomic E-state index is 8.40. The molecule has 0 fully saturated rings. The monoisotopic (exact) mass is 249 g/mol. The van der Waals surface area contributed by atoms with Crippen molar-refractivity contribution in [2.45, 2.75) is 13.8 Å². The van der Waals surface area contributed by atoms with Crippen molar-refractivity contribution in [2.75, 3.05) is 18.0 Å². The van der Waals surface area contributed by atoms with E-state index in [0.29, 0.717) is 0 Å². The molecule has 0 aliphatic rings. The topological polar surface area (TPSA) is 86.2 Å². The van der Waals surface area contributed by atoms with E-state index < -0.39 is 0 Å². The molecule has 0 unspecified atom stereocenters. The van der Waals surface area contributed by atoms with E-state index in [9.17, 15) is 0 Å². The van der Waals surface area contributed by atoms with Crippen LogP contribution >= 0.6 is 0 Å². The van der Waals surface area contributed by atoms with E-state index in [1.54, 1.807) is 11.7 Å². The van der Waals surface area contributed by atoms with Gasteiger partial charge in [-0.1, -0.05) is 12.1 Å². The lowest BCUT2D eigenvalue weighted by Crippen LogP contribution is -2.27. The maximum Gasteiger partial charge on any atom is 0.237 e. The summed E-state index contributed by atoms with van der Waals surface area (Å²) in [6.45, 7) is 6.20. The number of hydroxylamine groups is 1. The number of hydrogen-bond acceptors (Lipinski definition) is 4. The lowest BCUT2D eigenvalue weighted by atomic mass is 10.2. The quantitative estimate of drug-likeness (QED) is 0.415. The van der Waals surface area contributed by atoms with Crippen molar-refractivity contribution in [1.82, 2.24) is 5.48 Å². The third-order valence-electron chi connectivity index (χ3n) is 2.51.